The minimum absolute atomic E-state index is 0.00914. The molecule has 7 heteroatoms. The van der Waals surface area contributed by atoms with Crippen molar-refractivity contribution in [1.29, 1.82) is 0 Å². The zero-order chi connectivity index (χ0) is 16.7. The molecule has 6 nitrogen and oxygen atoms in total. The average Bonchev–Trinajstić information content (AvgIpc) is 3.31. The number of amides is 1. The van der Waals surface area contributed by atoms with E-state index in [1.54, 1.807) is 0 Å². The van der Waals surface area contributed by atoms with Crippen LogP contribution in [0.3, 0.4) is 0 Å². The molecule has 1 saturated carbocycles. The number of hydrogen-bond acceptors (Lipinski definition) is 6. The van der Waals surface area contributed by atoms with Crippen molar-refractivity contribution in [2.75, 3.05) is 24.5 Å². The molecule has 2 aromatic heterocycles. The van der Waals surface area contributed by atoms with Gasteiger partial charge in [0.25, 0.3) is 5.91 Å². The van der Waals surface area contributed by atoms with E-state index in [4.69, 9.17) is 0 Å². The number of carbonyl (C=O) groups is 1. The van der Waals surface area contributed by atoms with Gasteiger partial charge in [-0.3, -0.25) is 4.79 Å². The first kappa shape index (κ1) is 15.5. The molecule has 3 heterocycles. The third-order valence-corrected chi connectivity index (χ3v) is 5.68. The van der Waals surface area contributed by atoms with E-state index in [1.807, 2.05) is 13.8 Å². The van der Waals surface area contributed by atoms with Crippen molar-refractivity contribution >= 4 is 23.1 Å². The van der Waals surface area contributed by atoms with Crippen molar-refractivity contribution < 1.29 is 4.79 Å². The largest absolute Gasteiger partial charge is 0.354 e. The third-order valence-electron chi connectivity index (χ3n) is 4.61. The number of anilines is 1. The molecule has 1 amide bonds. The van der Waals surface area contributed by atoms with Gasteiger partial charge in [-0.2, -0.15) is 5.10 Å². The highest BCUT2D eigenvalue weighted by atomic mass is 32.1. The monoisotopic (exact) mass is 343 g/mol. The van der Waals surface area contributed by atoms with Gasteiger partial charge in [0.05, 0.1) is 16.4 Å². The van der Waals surface area contributed by atoms with Crippen LogP contribution in [-0.2, 0) is 0 Å². The molecule has 2 fully saturated rings. The summed E-state index contributed by atoms with van der Waals surface area (Å²) < 4.78 is 0. The first-order chi connectivity index (χ1) is 11.6. The number of carbonyl (C=O) groups excluding carboxylic acids is 1. The molecule has 1 aliphatic carbocycles. The van der Waals surface area contributed by atoms with Gasteiger partial charge in [-0.05, 0) is 38.8 Å². The van der Waals surface area contributed by atoms with E-state index >= 15 is 0 Å². The van der Waals surface area contributed by atoms with Crippen molar-refractivity contribution in [3.05, 3.63) is 33.4 Å². The predicted octanol–water partition coefficient (Wildman–Crippen LogP) is 2.29. The van der Waals surface area contributed by atoms with Crippen LogP contribution in [0.4, 0.5) is 5.82 Å². The first-order valence-corrected chi connectivity index (χ1v) is 9.22. The van der Waals surface area contributed by atoms with Gasteiger partial charge in [0, 0.05) is 31.5 Å². The molecule has 1 N–H and O–H groups in total. The molecule has 0 unspecified atom stereocenters. The summed E-state index contributed by atoms with van der Waals surface area (Å²) in [6.07, 6.45) is 2.50. The van der Waals surface area contributed by atoms with Crippen molar-refractivity contribution in [1.82, 2.24) is 20.5 Å². The summed E-state index contributed by atoms with van der Waals surface area (Å²) in [6.45, 7) is 6.33. The van der Waals surface area contributed by atoms with Gasteiger partial charge in [-0.15, -0.1) is 16.4 Å². The quantitative estimate of drug-likeness (QED) is 0.902. The number of hydrogen-bond donors (Lipinski definition) is 1. The predicted molar refractivity (Wildman–Crippen MR) is 93.6 cm³/mol. The highest BCUT2D eigenvalue weighted by Crippen LogP contribution is 2.38. The Morgan fingerprint density at radius 1 is 1.29 bits per heavy atom. The number of nitrogens with zero attached hydrogens (tertiary/aromatic N) is 4. The van der Waals surface area contributed by atoms with Gasteiger partial charge in [-0.25, -0.2) is 4.98 Å². The van der Waals surface area contributed by atoms with Gasteiger partial charge in [0.2, 0.25) is 0 Å². The molecule has 2 aromatic rings. The second-order valence-corrected chi connectivity index (χ2v) is 7.92. The second-order valence-electron chi connectivity index (χ2n) is 6.72. The van der Waals surface area contributed by atoms with Crippen molar-refractivity contribution in [2.45, 2.75) is 32.6 Å². The Morgan fingerprint density at radius 3 is 2.67 bits per heavy atom. The fraction of sp³-hybridized carbons (Fsp3) is 0.529. The van der Waals surface area contributed by atoms with E-state index in [2.05, 4.69) is 37.5 Å². The van der Waals surface area contributed by atoms with Crippen LogP contribution in [0.25, 0.3) is 0 Å². The summed E-state index contributed by atoms with van der Waals surface area (Å²) in [4.78, 5) is 19.4. The summed E-state index contributed by atoms with van der Waals surface area (Å²) >= 11 is 1.45. The minimum Gasteiger partial charge on any atom is -0.354 e. The summed E-state index contributed by atoms with van der Waals surface area (Å²) in [5.74, 6) is 2.04. The maximum atomic E-state index is 12.2. The number of nitrogens with one attached hydrogen (secondary N) is 1. The molecule has 126 valence electrons. The van der Waals surface area contributed by atoms with Gasteiger partial charge in [-0.1, -0.05) is 0 Å². The summed E-state index contributed by atoms with van der Waals surface area (Å²) in [7, 11) is 0. The molecule has 0 bridgehead atoms. The Labute approximate surface area is 145 Å². The Hall–Kier alpha value is -2.02. The van der Waals surface area contributed by atoms with Gasteiger partial charge >= 0.3 is 0 Å². The Bertz CT molecular complexity index is 747. The lowest BCUT2D eigenvalue weighted by molar-refractivity contribution is 0.0948. The number of aryl methyl sites for hydroxylation is 2. The van der Waals surface area contributed by atoms with Crippen LogP contribution in [0, 0.1) is 19.8 Å². The smallest absolute Gasteiger partial charge is 0.263 e. The number of rotatable bonds is 5. The first-order valence-electron chi connectivity index (χ1n) is 8.41. The van der Waals surface area contributed by atoms with E-state index in [0.29, 0.717) is 18.4 Å². The van der Waals surface area contributed by atoms with E-state index in [-0.39, 0.29) is 5.91 Å². The maximum absolute atomic E-state index is 12.2. The maximum Gasteiger partial charge on any atom is 0.263 e. The highest BCUT2D eigenvalue weighted by molar-refractivity contribution is 7.13. The lowest BCUT2D eigenvalue weighted by Gasteiger charge is -2.39. The van der Waals surface area contributed by atoms with Crippen LogP contribution in [-0.4, -0.2) is 40.7 Å². The summed E-state index contributed by atoms with van der Waals surface area (Å²) in [5, 5.41) is 12.6. The van der Waals surface area contributed by atoms with Crippen LogP contribution in [0.15, 0.2) is 12.1 Å². The Kier molecular flexibility index (Phi) is 3.96. The van der Waals surface area contributed by atoms with E-state index in [0.717, 1.165) is 40.2 Å². The zero-order valence-corrected chi connectivity index (χ0v) is 14.8. The van der Waals surface area contributed by atoms with Crippen LogP contribution in [0.5, 0.6) is 0 Å². The number of thiazole rings is 1. The molecule has 24 heavy (non-hydrogen) atoms. The minimum atomic E-state index is -0.00914. The molecule has 0 aromatic carbocycles. The van der Waals surface area contributed by atoms with Crippen LogP contribution >= 0.6 is 11.3 Å². The Balaban J connectivity index is 1.25. The standard InChI is InChI=1S/C17H21N5OS/c1-10-16(24-11(2)19-10)17(23)18-7-12-8-22(9-12)15-6-5-14(20-21-15)13-3-4-13/h5-6,12-13H,3-4,7-9H2,1-2H3,(H,18,23). The SMILES string of the molecule is Cc1nc(C)c(C(=O)NCC2CN(c3ccc(C4CC4)nn3)C2)s1. The molecular formula is C17H21N5OS. The molecular weight excluding hydrogens is 322 g/mol. The summed E-state index contributed by atoms with van der Waals surface area (Å²) in [5.41, 5.74) is 1.94. The fourth-order valence-corrected chi connectivity index (χ4v) is 3.88. The Morgan fingerprint density at radius 2 is 2.08 bits per heavy atom. The normalized spacial score (nSPS) is 17.7. The van der Waals surface area contributed by atoms with Gasteiger partial charge < -0.3 is 10.2 Å². The van der Waals surface area contributed by atoms with Crippen LogP contribution in [0.1, 0.15) is 44.8 Å². The van der Waals surface area contributed by atoms with Crippen LogP contribution < -0.4 is 10.2 Å². The number of aromatic nitrogens is 3. The van der Waals surface area contributed by atoms with Gasteiger partial charge in [0.15, 0.2) is 5.82 Å². The van der Waals surface area contributed by atoms with Crippen molar-refractivity contribution in [2.24, 2.45) is 5.92 Å². The van der Waals surface area contributed by atoms with Gasteiger partial charge in [0.1, 0.15) is 4.88 Å². The van der Waals surface area contributed by atoms with Crippen LogP contribution in [0.2, 0.25) is 0 Å². The third kappa shape index (κ3) is 3.13. The van der Waals surface area contributed by atoms with E-state index in [9.17, 15) is 4.79 Å². The van der Waals surface area contributed by atoms with Crippen molar-refractivity contribution in [3.63, 3.8) is 0 Å². The molecule has 1 saturated heterocycles. The highest BCUT2D eigenvalue weighted by Gasteiger charge is 2.30. The average molecular weight is 343 g/mol. The van der Waals surface area contributed by atoms with Crippen molar-refractivity contribution in [3.8, 4) is 0 Å². The second kappa shape index (κ2) is 6.12. The molecule has 2 aliphatic rings. The molecule has 0 spiro atoms. The lowest BCUT2D eigenvalue weighted by atomic mass is 10.00. The van der Waals surface area contributed by atoms with E-state index in [1.165, 1.54) is 24.2 Å². The summed E-state index contributed by atoms with van der Waals surface area (Å²) in [6, 6.07) is 4.17. The molecule has 1 aliphatic heterocycles. The molecule has 4 rings (SSSR count). The fourth-order valence-electron chi connectivity index (χ4n) is 3.05. The lowest BCUT2D eigenvalue weighted by Crippen LogP contribution is -2.51. The zero-order valence-electron chi connectivity index (χ0n) is 14.0. The van der Waals surface area contributed by atoms with E-state index < -0.39 is 0 Å². The molecule has 0 radical (unpaired) electrons. The topological polar surface area (TPSA) is 71.0 Å². The molecule has 0 atom stereocenters.